The van der Waals surface area contributed by atoms with E-state index in [1.807, 2.05) is 18.2 Å². The number of hydrogen-bond acceptors (Lipinski definition) is 4. The van der Waals surface area contributed by atoms with Gasteiger partial charge >= 0.3 is 5.97 Å². The van der Waals surface area contributed by atoms with E-state index in [0.29, 0.717) is 23.8 Å². The fourth-order valence-corrected chi connectivity index (χ4v) is 1.46. The number of carbonyl (C=O) groups is 1. The Morgan fingerprint density at radius 2 is 2.29 bits per heavy atom. The van der Waals surface area contributed by atoms with Crippen molar-refractivity contribution in [1.82, 2.24) is 19.7 Å². The minimum atomic E-state index is -0.840. The zero-order chi connectivity index (χ0) is 12.3. The normalized spacial score (nSPS) is 10.4. The topological polar surface area (TPSA) is 80.9 Å². The third-order valence-electron chi connectivity index (χ3n) is 2.31. The first-order chi connectivity index (χ1) is 8.16. The second-order valence-corrected chi connectivity index (χ2v) is 3.58. The Balaban J connectivity index is 2.22. The number of aliphatic carboxylic acids is 1. The third-order valence-corrected chi connectivity index (χ3v) is 2.31. The molecule has 2 rings (SSSR count). The van der Waals surface area contributed by atoms with Gasteiger partial charge in [-0.05, 0) is 12.1 Å². The van der Waals surface area contributed by atoms with Gasteiger partial charge in [0.05, 0.1) is 6.42 Å². The fraction of sp³-hybridized carbons (Fsp3) is 0.273. The number of aromatic nitrogens is 4. The highest BCUT2D eigenvalue weighted by molar-refractivity contribution is 5.66. The maximum absolute atomic E-state index is 10.5. The predicted molar refractivity (Wildman–Crippen MR) is 60.2 cm³/mol. The Bertz CT molecular complexity index is 522. The number of nitrogens with zero attached hydrogens (tertiary/aromatic N) is 4. The van der Waals surface area contributed by atoms with E-state index in [1.54, 1.807) is 17.9 Å². The summed E-state index contributed by atoms with van der Waals surface area (Å²) in [7, 11) is 1.75. The lowest BCUT2D eigenvalue weighted by molar-refractivity contribution is -0.137. The molecule has 0 aromatic carbocycles. The molecule has 2 heterocycles. The Morgan fingerprint density at radius 1 is 1.47 bits per heavy atom. The SMILES string of the molecule is Cn1nc(-c2ccccn2)nc1CCC(=O)O. The summed E-state index contributed by atoms with van der Waals surface area (Å²) in [4.78, 5) is 18.9. The van der Waals surface area contributed by atoms with Gasteiger partial charge in [0, 0.05) is 19.7 Å². The maximum atomic E-state index is 10.5. The van der Waals surface area contributed by atoms with Crippen LogP contribution in [0.1, 0.15) is 12.2 Å². The molecule has 6 heteroatoms. The van der Waals surface area contributed by atoms with Crippen molar-refractivity contribution >= 4 is 5.97 Å². The van der Waals surface area contributed by atoms with Crippen LogP contribution < -0.4 is 0 Å². The number of carboxylic acids is 1. The second kappa shape index (κ2) is 4.73. The standard InChI is InChI=1S/C11H12N4O2/c1-15-9(5-6-10(16)17)13-11(14-15)8-4-2-3-7-12-8/h2-4,7H,5-6H2,1H3,(H,16,17). The molecule has 0 aliphatic rings. The largest absolute Gasteiger partial charge is 0.481 e. The van der Waals surface area contributed by atoms with Crippen LogP contribution in [0, 0.1) is 0 Å². The fourth-order valence-electron chi connectivity index (χ4n) is 1.46. The van der Waals surface area contributed by atoms with Crippen LogP contribution in [-0.2, 0) is 18.3 Å². The number of carboxylic acid groups (broad SMARTS) is 1. The number of hydrogen-bond donors (Lipinski definition) is 1. The van der Waals surface area contributed by atoms with E-state index in [1.165, 1.54) is 0 Å². The van der Waals surface area contributed by atoms with Gasteiger partial charge in [-0.1, -0.05) is 6.07 Å². The van der Waals surface area contributed by atoms with E-state index in [4.69, 9.17) is 5.11 Å². The van der Waals surface area contributed by atoms with Crippen LogP contribution in [0.5, 0.6) is 0 Å². The Morgan fingerprint density at radius 3 is 2.94 bits per heavy atom. The molecule has 0 saturated carbocycles. The van der Waals surface area contributed by atoms with Crippen LogP contribution in [0.15, 0.2) is 24.4 Å². The first-order valence-electron chi connectivity index (χ1n) is 5.20. The highest BCUT2D eigenvalue weighted by atomic mass is 16.4. The molecule has 0 atom stereocenters. The molecule has 0 spiro atoms. The Kier molecular flexibility index (Phi) is 3.13. The molecule has 1 N–H and O–H groups in total. The molecule has 0 aliphatic heterocycles. The Hall–Kier alpha value is -2.24. The first kappa shape index (κ1) is 11.3. The van der Waals surface area contributed by atoms with Gasteiger partial charge in [0.2, 0.25) is 0 Å². The number of aryl methyl sites for hydroxylation is 2. The van der Waals surface area contributed by atoms with Crippen LogP contribution in [0.3, 0.4) is 0 Å². The van der Waals surface area contributed by atoms with Crippen LogP contribution in [0.2, 0.25) is 0 Å². The average Bonchev–Trinajstić information content (AvgIpc) is 2.69. The minimum absolute atomic E-state index is 0.0498. The molecule has 0 bridgehead atoms. The van der Waals surface area contributed by atoms with E-state index in [9.17, 15) is 4.79 Å². The molecular weight excluding hydrogens is 220 g/mol. The van der Waals surface area contributed by atoms with E-state index < -0.39 is 5.97 Å². The van der Waals surface area contributed by atoms with Crippen molar-refractivity contribution in [3.05, 3.63) is 30.2 Å². The van der Waals surface area contributed by atoms with E-state index >= 15 is 0 Å². The highest BCUT2D eigenvalue weighted by Gasteiger charge is 2.10. The number of pyridine rings is 1. The molecule has 88 valence electrons. The molecule has 17 heavy (non-hydrogen) atoms. The lowest BCUT2D eigenvalue weighted by atomic mass is 10.3. The van der Waals surface area contributed by atoms with Gasteiger partial charge in [-0.25, -0.2) is 4.98 Å². The molecule has 0 aliphatic carbocycles. The van der Waals surface area contributed by atoms with Gasteiger partial charge in [-0.15, -0.1) is 5.10 Å². The van der Waals surface area contributed by atoms with Crippen molar-refractivity contribution in [2.75, 3.05) is 0 Å². The van der Waals surface area contributed by atoms with Crippen molar-refractivity contribution in [3.63, 3.8) is 0 Å². The van der Waals surface area contributed by atoms with Crippen molar-refractivity contribution in [2.45, 2.75) is 12.8 Å². The summed E-state index contributed by atoms with van der Waals surface area (Å²) in [5.41, 5.74) is 0.685. The van der Waals surface area contributed by atoms with Gasteiger partial charge in [0.25, 0.3) is 0 Å². The zero-order valence-electron chi connectivity index (χ0n) is 9.37. The molecule has 0 radical (unpaired) electrons. The molecule has 2 aromatic heterocycles. The summed E-state index contributed by atoms with van der Waals surface area (Å²) >= 11 is 0. The minimum Gasteiger partial charge on any atom is -0.481 e. The van der Waals surface area contributed by atoms with Crippen molar-refractivity contribution in [2.24, 2.45) is 7.05 Å². The van der Waals surface area contributed by atoms with E-state index in [2.05, 4.69) is 15.1 Å². The predicted octanol–water partition coefficient (Wildman–Crippen LogP) is 0.894. The third kappa shape index (κ3) is 2.66. The molecule has 0 fully saturated rings. The van der Waals surface area contributed by atoms with Crippen LogP contribution in [0.25, 0.3) is 11.5 Å². The summed E-state index contributed by atoms with van der Waals surface area (Å²) < 4.78 is 1.59. The van der Waals surface area contributed by atoms with Gasteiger partial charge < -0.3 is 5.11 Å². The summed E-state index contributed by atoms with van der Waals surface area (Å²) in [6.45, 7) is 0. The quantitative estimate of drug-likeness (QED) is 0.846. The van der Waals surface area contributed by atoms with Crippen molar-refractivity contribution in [1.29, 1.82) is 0 Å². The van der Waals surface area contributed by atoms with Gasteiger partial charge in [0.1, 0.15) is 11.5 Å². The van der Waals surface area contributed by atoms with Gasteiger partial charge in [0.15, 0.2) is 5.82 Å². The smallest absolute Gasteiger partial charge is 0.303 e. The molecule has 0 amide bonds. The summed E-state index contributed by atoms with van der Waals surface area (Å²) in [5.74, 6) is 0.328. The average molecular weight is 232 g/mol. The molecule has 2 aromatic rings. The molecular formula is C11H12N4O2. The van der Waals surface area contributed by atoms with Crippen molar-refractivity contribution < 1.29 is 9.90 Å². The molecule has 6 nitrogen and oxygen atoms in total. The van der Waals surface area contributed by atoms with E-state index in [-0.39, 0.29) is 6.42 Å². The van der Waals surface area contributed by atoms with Crippen LogP contribution >= 0.6 is 0 Å². The summed E-state index contributed by atoms with van der Waals surface area (Å²) in [5, 5.41) is 12.8. The monoisotopic (exact) mass is 232 g/mol. The van der Waals surface area contributed by atoms with Gasteiger partial charge in [-0.2, -0.15) is 0 Å². The number of rotatable bonds is 4. The lowest BCUT2D eigenvalue weighted by Gasteiger charge is -1.95. The lowest BCUT2D eigenvalue weighted by Crippen LogP contribution is -2.03. The zero-order valence-corrected chi connectivity index (χ0v) is 9.37. The van der Waals surface area contributed by atoms with Crippen LogP contribution in [-0.4, -0.2) is 30.8 Å². The molecule has 0 saturated heterocycles. The summed E-state index contributed by atoms with van der Waals surface area (Å²) in [6.07, 6.45) is 2.09. The molecule has 0 unspecified atom stereocenters. The van der Waals surface area contributed by atoms with Crippen molar-refractivity contribution in [3.8, 4) is 11.5 Å². The first-order valence-corrected chi connectivity index (χ1v) is 5.20. The summed E-state index contributed by atoms with van der Waals surface area (Å²) in [6, 6.07) is 5.49. The second-order valence-electron chi connectivity index (χ2n) is 3.58. The Labute approximate surface area is 98.0 Å². The van der Waals surface area contributed by atoms with Gasteiger partial charge in [-0.3, -0.25) is 14.5 Å². The van der Waals surface area contributed by atoms with E-state index in [0.717, 1.165) is 0 Å². The highest BCUT2D eigenvalue weighted by Crippen LogP contribution is 2.12. The maximum Gasteiger partial charge on any atom is 0.303 e. The van der Waals surface area contributed by atoms with Crippen LogP contribution in [0.4, 0.5) is 0 Å².